The second-order valence-corrected chi connectivity index (χ2v) is 12.4. The maximum Gasteiger partial charge on any atom is 0.331 e. The molecule has 1 spiro atoms. The average Bonchev–Trinajstić information content (AvgIpc) is 3.59. The fourth-order valence-electron chi connectivity index (χ4n) is 6.89. The SMILES string of the molecule is COC(=O)C1(Nc2cccc(Cl)c2)CCC2(CC1)C(C[C@@H](C)COCc1ccc(OC)cc1)=Cc1cc3c(cc12)OCO3. The van der Waals surface area contributed by atoms with E-state index in [1.54, 1.807) is 7.11 Å². The second-order valence-electron chi connectivity index (χ2n) is 11.9. The molecule has 1 saturated carbocycles. The highest BCUT2D eigenvalue weighted by Gasteiger charge is 2.52. The van der Waals surface area contributed by atoms with Gasteiger partial charge < -0.3 is 29.0 Å². The number of esters is 1. The molecule has 1 fully saturated rings. The lowest BCUT2D eigenvalue weighted by molar-refractivity contribution is -0.147. The number of hydrogen-bond acceptors (Lipinski definition) is 7. The number of allylic oxidation sites excluding steroid dienone is 1. The van der Waals surface area contributed by atoms with Crippen LogP contribution in [-0.2, 0) is 26.3 Å². The molecule has 43 heavy (non-hydrogen) atoms. The highest BCUT2D eigenvalue weighted by molar-refractivity contribution is 6.30. The molecule has 2 aliphatic carbocycles. The van der Waals surface area contributed by atoms with Gasteiger partial charge in [-0.25, -0.2) is 4.79 Å². The zero-order valence-electron chi connectivity index (χ0n) is 24.9. The summed E-state index contributed by atoms with van der Waals surface area (Å²) in [5.74, 6) is 2.45. The Morgan fingerprint density at radius 1 is 1.00 bits per heavy atom. The van der Waals surface area contributed by atoms with E-state index in [2.05, 4.69) is 30.4 Å². The van der Waals surface area contributed by atoms with Gasteiger partial charge in [-0.1, -0.05) is 48.4 Å². The zero-order chi connectivity index (χ0) is 30.0. The van der Waals surface area contributed by atoms with Gasteiger partial charge in [0.1, 0.15) is 11.3 Å². The van der Waals surface area contributed by atoms with Crippen LogP contribution in [0.15, 0.2) is 66.2 Å². The van der Waals surface area contributed by atoms with Gasteiger partial charge in [0.15, 0.2) is 11.5 Å². The minimum atomic E-state index is -0.845. The number of hydrogen-bond donors (Lipinski definition) is 1. The molecule has 8 heteroatoms. The Morgan fingerprint density at radius 2 is 1.74 bits per heavy atom. The number of halogens is 1. The zero-order valence-corrected chi connectivity index (χ0v) is 25.7. The first-order chi connectivity index (χ1) is 20.8. The summed E-state index contributed by atoms with van der Waals surface area (Å²) in [5, 5.41) is 4.13. The van der Waals surface area contributed by atoms with Gasteiger partial charge in [0.2, 0.25) is 6.79 Å². The molecule has 0 aromatic heterocycles. The summed E-state index contributed by atoms with van der Waals surface area (Å²) in [6, 6.07) is 19.7. The van der Waals surface area contributed by atoms with Crippen LogP contribution >= 0.6 is 11.6 Å². The fourth-order valence-corrected chi connectivity index (χ4v) is 7.08. The Morgan fingerprint density at radius 3 is 2.44 bits per heavy atom. The summed E-state index contributed by atoms with van der Waals surface area (Å²) >= 11 is 6.27. The highest BCUT2D eigenvalue weighted by Crippen LogP contribution is 2.57. The first kappa shape index (κ1) is 29.4. The highest BCUT2D eigenvalue weighted by atomic mass is 35.5. The molecule has 1 heterocycles. The topological polar surface area (TPSA) is 75.3 Å². The summed E-state index contributed by atoms with van der Waals surface area (Å²) < 4.78 is 28.3. The molecule has 0 amide bonds. The number of carbonyl (C=O) groups excluding carboxylic acids is 1. The maximum atomic E-state index is 13.3. The van der Waals surface area contributed by atoms with Gasteiger partial charge in [0, 0.05) is 22.7 Å². The molecule has 7 nitrogen and oxygen atoms in total. The number of rotatable bonds is 10. The van der Waals surface area contributed by atoms with Crippen molar-refractivity contribution in [3.05, 3.63) is 87.9 Å². The van der Waals surface area contributed by atoms with Crippen molar-refractivity contribution in [1.82, 2.24) is 0 Å². The third-order valence-corrected chi connectivity index (χ3v) is 9.38. The van der Waals surface area contributed by atoms with Gasteiger partial charge in [-0.2, -0.15) is 0 Å². The molecule has 1 atom stereocenters. The predicted octanol–water partition coefficient (Wildman–Crippen LogP) is 7.55. The fraction of sp³-hybridized carbons (Fsp3) is 0.400. The van der Waals surface area contributed by atoms with Crippen molar-refractivity contribution in [2.75, 3.05) is 32.9 Å². The van der Waals surface area contributed by atoms with Gasteiger partial charge in [-0.15, -0.1) is 0 Å². The van der Waals surface area contributed by atoms with Crippen LogP contribution in [0.25, 0.3) is 6.08 Å². The molecule has 3 aromatic carbocycles. The molecule has 3 aliphatic rings. The molecule has 1 N–H and O–H groups in total. The summed E-state index contributed by atoms with van der Waals surface area (Å²) in [6.07, 6.45) is 6.00. The first-order valence-corrected chi connectivity index (χ1v) is 15.2. The van der Waals surface area contributed by atoms with Gasteiger partial charge in [-0.05, 0) is 97.2 Å². The Labute approximate surface area is 258 Å². The van der Waals surface area contributed by atoms with Gasteiger partial charge >= 0.3 is 5.97 Å². The molecule has 0 bridgehead atoms. The number of ether oxygens (including phenoxy) is 5. The quantitative estimate of drug-likeness (QED) is 0.240. The smallest absolute Gasteiger partial charge is 0.331 e. The third-order valence-electron chi connectivity index (χ3n) is 9.14. The minimum absolute atomic E-state index is 0.214. The van der Waals surface area contributed by atoms with Crippen LogP contribution in [0.2, 0.25) is 5.02 Å². The second kappa shape index (κ2) is 12.1. The molecular formula is C35H38ClNO6. The molecule has 0 saturated heterocycles. The van der Waals surface area contributed by atoms with Crippen LogP contribution in [0, 0.1) is 5.92 Å². The Kier molecular flexibility index (Phi) is 8.29. The van der Waals surface area contributed by atoms with Gasteiger partial charge in [0.25, 0.3) is 0 Å². The van der Waals surface area contributed by atoms with Crippen LogP contribution in [0.3, 0.4) is 0 Å². The molecule has 226 valence electrons. The normalized spacial score (nSPS) is 22.6. The van der Waals surface area contributed by atoms with Crippen molar-refractivity contribution >= 4 is 29.3 Å². The van der Waals surface area contributed by atoms with E-state index in [4.69, 9.17) is 35.3 Å². The summed E-state index contributed by atoms with van der Waals surface area (Å²) in [6.45, 7) is 3.66. The molecule has 0 radical (unpaired) electrons. The number of methoxy groups -OCH3 is 2. The average molecular weight is 604 g/mol. The van der Waals surface area contributed by atoms with Crippen LogP contribution in [0.4, 0.5) is 5.69 Å². The first-order valence-electron chi connectivity index (χ1n) is 14.8. The van der Waals surface area contributed by atoms with Crippen LogP contribution in [-0.4, -0.2) is 39.1 Å². The Balaban J connectivity index is 1.22. The standard InChI is InChI=1S/C35H38ClNO6/c1-23(20-41-21-24-7-9-29(39-2)10-8-24)15-26-16-25-17-31-32(43-22-42-31)19-30(25)34(26)11-13-35(14-12-34,33(38)40-3)37-28-6-4-5-27(36)18-28/h4-10,16-19,23,37H,11-15,20-22H2,1-3H3/t23-,34?,35?/m1/s1. The number of fused-ring (bicyclic) bond motifs is 3. The van der Waals surface area contributed by atoms with Gasteiger partial charge in [0.05, 0.1) is 20.8 Å². The lowest BCUT2D eigenvalue weighted by Gasteiger charge is -2.46. The van der Waals surface area contributed by atoms with E-state index in [0.29, 0.717) is 37.0 Å². The van der Waals surface area contributed by atoms with Crippen LogP contribution in [0.5, 0.6) is 17.2 Å². The molecule has 6 rings (SSSR count). The predicted molar refractivity (Wildman–Crippen MR) is 167 cm³/mol. The van der Waals surface area contributed by atoms with E-state index in [-0.39, 0.29) is 18.2 Å². The summed E-state index contributed by atoms with van der Waals surface area (Å²) in [4.78, 5) is 13.3. The van der Waals surface area contributed by atoms with E-state index >= 15 is 0 Å². The monoisotopic (exact) mass is 603 g/mol. The number of nitrogens with one attached hydrogen (secondary N) is 1. The molecule has 3 aromatic rings. The lowest BCUT2D eigenvalue weighted by atomic mass is 9.61. The summed E-state index contributed by atoms with van der Waals surface area (Å²) in [7, 11) is 3.12. The van der Waals surface area contributed by atoms with E-state index in [0.717, 1.165) is 47.8 Å². The lowest BCUT2D eigenvalue weighted by Crippen LogP contribution is -2.52. The number of carbonyl (C=O) groups is 1. The Bertz CT molecular complexity index is 1510. The van der Waals surface area contributed by atoms with Crippen molar-refractivity contribution in [3.8, 4) is 17.2 Å². The third kappa shape index (κ3) is 5.80. The van der Waals surface area contributed by atoms with E-state index in [1.807, 2.05) is 48.5 Å². The van der Waals surface area contributed by atoms with Crippen LogP contribution < -0.4 is 19.5 Å². The molecule has 0 unspecified atom stereocenters. The van der Waals surface area contributed by atoms with Crippen molar-refractivity contribution < 1.29 is 28.5 Å². The Hall–Kier alpha value is -3.68. The number of anilines is 1. The summed E-state index contributed by atoms with van der Waals surface area (Å²) in [5.41, 5.74) is 4.65. The van der Waals surface area contributed by atoms with Gasteiger partial charge in [-0.3, -0.25) is 0 Å². The minimum Gasteiger partial charge on any atom is -0.497 e. The van der Waals surface area contributed by atoms with Crippen molar-refractivity contribution in [2.45, 2.75) is 56.6 Å². The molecule has 1 aliphatic heterocycles. The van der Waals surface area contributed by atoms with E-state index in [1.165, 1.54) is 23.8 Å². The van der Waals surface area contributed by atoms with Crippen LogP contribution in [0.1, 0.15) is 55.7 Å². The van der Waals surface area contributed by atoms with E-state index in [9.17, 15) is 4.79 Å². The van der Waals surface area contributed by atoms with Crippen molar-refractivity contribution in [2.24, 2.45) is 5.92 Å². The van der Waals surface area contributed by atoms with Crippen molar-refractivity contribution in [1.29, 1.82) is 0 Å². The number of benzene rings is 3. The van der Waals surface area contributed by atoms with Crippen molar-refractivity contribution in [3.63, 3.8) is 0 Å². The maximum absolute atomic E-state index is 13.3. The molecular weight excluding hydrogens is 566 g/mol. The largest absolute Gasteiger partial charge is 0.497 e. The van der Waals surface area contributed by atoms with E-state index < -0.39 is 5.54 Å².